The first-order valence-electron chi connectivity index (χ1n) is 4.45. The number of ether oxygens (including phenoxy) is 1. The van der Waals surface area contributed by atoms with Gasteiger partial charge in [0.25, 0.3) is 0 Å². The molecule has 1 aromatic rings. The third-order valence-corrected chi connectivity index (χ3v) is 1.95. The van der Waals surface area contributed by atoms with Crippen molar-refractivity contribution < 1.29 is 14.4 Å². The molecule has 4 nitrogen and oxygen atoms in total. The summed E-state index contributed by atoms with van der Waals surface area (Å²) in [6.45, 7) is 1.83. The zero-order valence-corrected chi connectivity index (χ0v) is 8.98. The van der Waals surface area contributed by atoms with Gasteiger partial charge in [-0.2, -0.15) is 0 Å². The molecule has 0 spiro atoms. The van der Waals surface area contributed by atoms with E-state index in [1.807, 2.05) is 6.92 Å². The lowest BCUT2D eigenvalue weighted by molar-refractivity contribution is 0.0601. The fourth-order valence-corrected chi connectivity index (χ4v) is 1.15. The number of rotatable bonds is 3. The summed E-state index contributed by atoms with van der Waals surface area (Å²) in [6, 6.07) is 6.97. The van der Waals surface area contributed by atoms with Gasteiger partial charge in [-0.15, -0.1) is 0 Å². The van der Waals surface area contributed by atoms with Crippen LogP contribution >= 0.6 is 0 Å². The van der Waals surface area contributed by atoms with Gasteiger partial charge in [0.05, 0.1) is 18.4 Å². The Morgan fingerprint density at radius 3 is 2.13 bits per heavy atom. The quantitative estimate of drug-likeness (QED) is 0.431. The number of carbonyl (C=O) groups is 1. The third kappa shape index (κ3) is 2.80. The molecule has 4 heteroatoms. The van der Waals surface area contributed by atoms with Crippen LogP contribution in [0.3, 0.4) is 0 Å². The molecule has 0 atom stereocenters. The molecule has 0 amide bonds. The zero-order valence-electron chi connectivity index (χ0n) is 8.98. The van der Waals surface area contributed by atoms with Crippen LogP contribution in [0.5, 0.6) is 0 Å². The molecule has 0 aliphatic heterocycles. The van der Waals surface area contributed by atoms with Gasteiger partial charge in [-0.25, -0.2) is 4.79 Å². The fourth-order valence-electron chi connectivity index (χ4n) is 1.15. The van der Waals surface area contributed by atoms with Gasteiger partial charge in [0.15, 0.2) is 0 Å². The molecule has 0 aliphatic rings. The Labute approximate surface area is 88.5 Å². The maximum Gasteiger partial charge on any atom is 0.337 e. The molecule has 1 aromatic carbocycles. The van der Waals surface area contributed by atoms with Crippen molar-refractivity contribution in [1.82, 2.24) is 0 Å². The molecule has 80 valence electrons. The van der Waals surface area contributed by atoms with Crippen LogP contribution in [0.15, 0.2) is 29.4 Å². The molecular formula is C11H13NO3. The zero-order chi connectivity index (χ0) is 11.3. The molecule has 1 rings (SSSR count). The summed E-state index contributed by atoms with van der Waals surface area (Å²) in [6.07, 6.45) is 0. The van der Waals surface area contributed by atoms with E-state index in [9.17, 15) is 4.79 Å². The monoisotopic (exact) mass is 207 g/mol. The van der Waals surface area contributed by atoms with Gasteiger partial charge in [-0.1, -0.05) is 17.3 Å². The molecule has 0 fully saturated rings. The minimum atomic E-state index is -0.345. The Balaban J connectivity index is 2.90. The Hall–Kier alpha value is -1.84. The van der Waals surface area contributed by atoms with Crippen molar-refractivity contribution >= 4 is 11.7 Å². The third-order valence-electron chi connectivity index (χ3n) is 1.95. The topological polar surface area (TPSA) is 47.9 Å². The Morgan fingerprint density at radius 2 is 1.67 bits per heavy atom. The van der Waals surface area contributed by atoms with Gasteiger partial charge in [-0.3, -0.25) is 0 Å². The minimum absolute atomic E-state index is 0.345. The lowest BCUT2D eigenvalue weighted by atomic mass is 10.1. The lowest BCUT2D eigenvalue weighted by Gasteiger charge is -2.01. The van der Waals surface area contributed by atoms with E-state index in [-0.39, 0.29) is 5.97 Å². The molecule has 0 aliphatic carbocycles. The predicted octanol–water partition coefficient (Wildman–Crippen LogP) is 1.84. The summed E-state index contributed by atoms with van der Waals surface area (Å²) < 4.78 is 4.59. The molecule has 0 bridgehead atoms. The maximum atomic E-state index is 11.1. The van der Waals surface area contributed by atoms with E-state index in [4.69, 9.17) is 0 Å². The fraction of sp³-hybridized carbons (Fsp3) is 0.273. The Bertz CT molecular complexity index is 368. The lowest BCUT2D eigenvalue weighted by Crippen LogP contribution is -2.02. The molecule has 0 heterocycles. The van der Waals surface area contributed by atoms with Crippen molar-refractivity contribution in [3.63, 3.8) is 0 Å². The SMILES string of the molecule is CON=C(C)c1ccc(C(=O)OC)cc1. The van der Waals surface area contributed by atoms with E-state index in [1.54, 1.807) is 24.3 Å². The highest BCUT2D eigenvalue weighted by Gasteiger charge is 2.05. The number of hydrogen-bond donors (Lipinski definition) is 0. The van der Waals surface area contributed by atoms with Crippen LogP contribution in [0.2, 0.25) is 0 Å². The van der Waals surface area contributed by atoms with Crippen molar-refractivity contribution in [1.29, 1.82) is 0 Å². The Morgan fingerprint density at radius 1 is 1.13 bits per heavy atom. The van der Waals surface area contributed by atoms with E-state index in [1.165, 1.54) is 14.2 Å². The molecule has 0 unspecified atom stereocenters. The summed E-state index contributed by atoms with van der Waals surface area (Å²) in [5.41, 5.74) is 2.19. The van der Waals surface area contributed by atoms with Crippen LogP contribution < -0.4 is 0 Å². The van der Waals surface area contributed by atoms with Crippen molar-refractivity contribution in [2.24, 2.45) is 5.16 Å². The molecular weight excluding hydrogens is 194 g/mol. The van der Waals surface area contributed by atoms with Gasteiger partial charge < -0.3 is 9.57 Å². The number of nitrogens with zero attached hydrogens (tertiary/aromatic N) is 1. The predicted molar refractivity (Wildman–Crippen MR) is 57.0 cm³/mol. The molecule has 0 N–H and O–H groups in total. The van der Waals surface area contributed by atoms with Gasteiger partial charge in [-0.05, 0) is 24.6 Å². The van der Waals surface area contributed by atoms with Crippen LogP contribution in [0, 0.1) is 0 Å². The smallest absolute Gasteiger partial charge is 0.337 e. The normalized spacial score (nSPS) is 11.0. The largest absolute Gasteiger partial charge is 0.465 e. The average molecular weight is 207 g/mol. The van der Waals surface area contributed by atoms with Crippen LogP contribution in [0.1, 0.15) is 22.8 Å². The molecule has 0 aromatic heterocycles. The Kier molecular flexibility index (Phi) is 3.85. The van der Waals surface area contributed by atoms with E-state index in [0.717, 1.165) is 11.3 Å². The molecule has 15 heavy (non-hydrogen) atoms. The number of esters is 1. The summed E-state index contributed by atoms with van der Waals surface area (Å²) in [4.78, 5) is 15.8. The van der Waals surface area contributed by atoms with Gasteiger partial charge >= 0.3 is 5.97 Å². The van der Waals surface area contributed by atoms with E-state index in [0.29, 0.717) is 5.56 Å². The standard InChI is InChI=1S/C11H13NO3/c1-8(12-15-3)9-4-6-10(7-5-9)11(13)14-2/h4-7H,1-3H3. The summed E-state index contributed by atoms with van der Waals surface area (Å²) >= 11 is 0. The highest BCUT2D eigenvalue weighted by atomic mass is 16.6. The number of oxime groups is 1. The van der Waals surface area contributed by atoms with E-state index < -0.39 is 0 Å². The number of hydrogen-bond acceptors (Lipinski definition) is 4. The first-order valence-corrected chi connectivity index (χ1v) is 4.45. The first kappa shape index (κ1) is 11.2. The number of carbonyl (C=O) groups excluding carboxylic acids is 1. The van der Waals surface area contributed by atoms with Crippen LogP contribution in [-0.2, 0) is 9.57 Å². The van der Waals surface area contributed by atoms with Crippen molar-refractivity contribution in [2.75, 3.05) is 14.2 Å². The molecule has 0 radical (unpaired) electrons. The average Bonchev–Trinajstić information content (AvgIpc) is 2.28. The van der Waals surface area contributed by atoms with E-state index >= 15 is 0 Å². The summed E-state index contributed by atoms with van der Waals surface area (Å²) in [5.74, 6) is -0.345. The molecule has 0 saturated heterocycles. The van der Waals surface area contributed by atoms with E-state index in [2.05, 4.69) is 14.7 Å². The second-order valence-corrected chi connectivity index (χ2v) is 2.93. The first-order chi connectivity index (χ1) is 7.19. The van der Waals surface area contributed by atoms with Gasteiger partial charge in [0.2, 0.25) is 0 Å². The molecule has 0 saturated carbocycles. The second kappa shape index (κ2) is 5.14. The van der Waals surface area contributed by atoms with Crippen molar-refractivity contribution in [2.45, 2.75) is 6.92 Å². The maximum absolute atomic E-state index is 11.1. The number of benzene rings is 1. The van der Waals surface area contributed by atoms with Crippen molar-refractivity contribution in [3.8, 4) is 0 Å². The second-order valence-electron chi connectivity index (χ2n) is 2.93. The van der Waals surface area contributed by atoms with Gasteiger partial charge in [0, 0.05) is 0 Å². The van der Waals surface area contributed by atoms with Crippen LogP contribution in [0.4, 0.5) is 0 Å². The van der Waals surface area contributed by atoms with Crippen LogP contribution in [-0.4, -0.2) is 25.9 Å². The number of methoxy groups -OCH3 is 1. The minimum Gasteiger partial charge on any atom is -0.465 e. The highest BCUT2D eigenvalue weighted by molar-refractivity contribution is 5.99. The van der Waals surface area contributed by atoms with Crippen molar-refractivity contribution in [3.05, 3.63) is 35.4 Å². The summed E-state index contributed by atoms with van der Waals surface area (Å²) in [7, 11) is 2.85. The van der Waals surface area contributed by atoms with Gasteiger partial charge in [0.1, 0.15) is 7.11 Å². The highest BCUT2D eigenvalue weighted by Crippen LogP contribution is 2.07. The van der Waals surface area contributed by atoms with Crippen LogP contribution in [0.25, 0.3) is 0 Å². The summed E-state index contributed by atoms with van der Waals surface area (Å²) in [5, 5.41) is 3.79.